The lowest BCUT2D eigenvalue weighted by atomic mass is 10.1. The van der Waals surface area contributed by atoms with Crippen molar-refractivity contribution < 1.29 is 0 Å². The molecule has 0 atom stereocenters. The van der Waals surface area contributed by atoms with Gasteiger partial charge in [-0.05, 0) is 117 Å². The maximum atomic E-state index is 2.60. The predicted molar refractivity (Wildman–Crippen MR) is 156 cm³/mol. The monoisotopic (exact) mass is 472 g/mol. The van der Waals surface area contributed by atoms with Crippen LogP contribution in [0.25, 0.3) is 0 Å². The summed E-state index contributed by atoms with van der Waals surface area (Å²) in [6.07, 6.45) is 21.2. The molecule has 0 aliphatic carbocycles. The smallest absolute Gasteiger partial charge is 0.00187 e. The fourth-order valence-electron chi connectivity index (χ4n) is 4.69. The van der Waals surface area contributed by atoms with E-state index in [0.717, 1.165) is 0 Å². The Morgan fingerprint density at radius 3 is 0.758 bits per heavy atom. The Balaban J connectivity index is -0.000000391. The second-order valence-corrected chi connectivity index (χ2v) is 9.77. The average Bonchev–Trinajstić information content (AvgIpc) is 2.83. The van der Waals surface area contributed by atoms with Gasteiger partial charge in [-0.2, -0.15) is 0 Å². The van der Waals surface area contributed by atoms with Crippen LogP contribution in [0.4, 0.5) is 0 Å². The molecule has 3 rings (SSSR count). The number of hydrogen-bond acceptors (Lipinski definition) is 3. The second kappa shape index (κ2) is 28.1. The molecule has 0 aromatic carbocycles. The summed E-state index contributed by atoms with van der Waals surface area (Å²) in [6.45, 7) is 19.0. The molecule has 0 spiro atoms. The number of unbranched alkanes of at least 4 members (excludes halogenated alkanes) is 3. The van der Waals surface area contributed by atoms with E-state index in [1.165, 1.54) is 155 Å². The van der Waals surface area contributed by atoms with Crippen LogP contribution < -0.4 is 0 Å². The van der Waals surface area contributed by atoms with E-state index in [2.05, 4.69) is 35.5 Å². The van der Waals surface area contributed by atoms with Gasteiger partial charge in [0.2, 0.25) is 0 Å². The highest BCUT2D eigenvalue weighted by atomic mass is 15.1. The lowest BCUT2D eigenvalue weighted by molar-refractivity contribution is 0.226. The summed E-state index contributed by atoms with van der Waals surface area (Å²) in [5.41, 5.74) is 0. The van der Waals surface area contributed by atoms with Crippen LogP contribution in [0.5, 0.6) is 0 Å². The van der Waals surface area contributed by atoms with Crippen molar-refractivity contribution in [3.8, 4) is 0 Å². The molecule has 0 N–H and O–H groups in total. The van der Waals surface area contributed by atoms with Gasteiger partial charge in [0.1, 0.15) is 0 Å². The Morgan fingerprint density at radius 2 is 0.576 bits per heavy atom. The van der Waals surface area contributed by atoms with Crippen molar-refractivity contribution in [2.75, 3.05) is 58.9 Å². The van der Waals surface area contributed by atoms with Crippen LogP contribution in [0.15, 0.2) is 0 Å². The van der Waals surface area contributed by atoms with E-state index in [9.17, 15) is 0 Å². The fraction of sp³-hybridized carbons (Fsp3) is 1.00. The van der Waals surface area contributed by atoms with Gasteiger partial charge in [0.05, 0.1) is 0 Å². The van der Waals surface area contributed by atoms with Gasteiger partial charge in [0, 0.05) is 0 Å². The third kappa shape index (κ3) is 22.1. The molecule has 0 aromatic heterocycles. The number of hydrogen-bond donors (Lipinski definition) is 0. The topological polar surface area (TPSA) is 9.72 Å². The van der Waals surface area contributed by atoms with Crippen LogP contribution in [-0.2, 0) is 0 Å². The van der Waals surface area contributed by atoms with Crippen molar-refractivity contribution in [1.29, 1.82) is 0 Å². The summed E-state index contributed by atoms with van der Waals surface area (Å²) in [4.78, 5) is 7.81. The highest BCUT2D eigenvalue weighted by Crippen LogP contribution is 2.10. The average molecular weight is 472 g/mol. The zero-order valence-electron chi connectivity index (χ0n) is 21.3. The molecule has 0 amide bonds. The molecule has 204 valence electrons. The summed E-state index contributed by atoms with van der Waals surface area (Å²) in [5, 5.41) is 0. The molecule has 3 fully saturated rings. The molecule has 0 saturated carbocycles. The molecular weight excluding hydrogens is 402 g/mol. The minimum atomic E-state index is 0. The molecule has 3 saturated heterocycles. The number of likely N-dealkylation sites (tertiary alicyclic amines) is 3. The fourth-order valence-corrected chi connectivity index (χ4v) is 4.69. The highest BCUT2D eigenvalue weighted by Gasteiger charge is 2.09. The van der Waals surface area contributed by atoms with Crippen molar-refractivity contribution in [3.05, 3.63) is 0 Å². The van der Waals surface area contributed by atoms with Gasteiger partial charge in [-0.25, -0.2) is 0 Å². The summed E-state index contributed by atoms with van der Waals surface area (Å²) < 4.78 is 0. The first-order chi connectivity index (χ1) is 14.8. The zero-order valence-corrected chi connectivity index (χ0v) is 21.3. The van der Waals surface area contributed by atoms with Crippen LogP contribution in [0.2, 0.25) is 0 Å². The van der Waals surface area contributed by atoms with Crippen LogP contribution in [-0.4, -0.2) is 73.6 Å². The summed E-state index contributed by atoms with van der Waals surface area (Å²) in [5.74, 6) is 0. The molecule has 0 aromatic rings. The van der Waals surface area contributed by atoms with Gasteiger partial charge in [-0.15, -0.1) is 0 Å². The van der Waals surface area contributed by atoms with Crippen molar-refractivity contribution in [3.63, 3.8) is 0 Å². The molecule has 0 bridgehead atoms. The van der Waals surface area contributed by atoms with Crippen LogP contribution in [0.1, 0.15) is 139 Å². The maximum absolute atomic E-state index is 2.60. The molecule has 0 radical (unpaired) electrons. The van der Waals surface area contributed by atoms with Crippen LogP contribution >= 0.6 is 0 Å². The first kappa shape index (κ1) is 37.4. The normalized spacial score (nSPS) is 19.4. The Bertz CT molecular complexity index is 277. The lowest BCUT2D eigenvalue weighted by Crippen LogP contribution is -2.30. The van der Waals surface area contributed by atoms with Crippen LogP contribution in [0.3, 0.4) is 0 Å². The number of nitrogens with zero attached hydrogens (tertiary/aromatic N) is 3. The second-order valence-electron chi connectivity index (χ2n) is 9.77. The number of rotatable bonds is 9. The van der Waals surface area contributed by atoms with Crippen molar-refractivity contribution >= 4 is 0 Å². The van der Waals surface area contributed by atoms with E-state index in [0.29, 0.717) is 0 Å². The van der Waals surface area contributed by atoms with Gasteiger partial charge in [-0.3, -0.25) is 0 Å². The maximum Gasteiger partial charge on any atom is -0.00187 e. The van der Waals surface area contributed by atoms with Gasteiger partial charge in [0.15, 0.2) is 0 Å². The lowest BCUT2D eigenvalue weighted by Gasteiger charge is -2.25. The number of piperidine rings is 3. The van der Waals surface area contributed by atoms with E-state index in [-0.39, 0.29) is 22.3 Å². The molecule has 3 aliphatic heterocycles. The van der Waals surface area contributed by atoms with Gasteiger partial charge in [-0.1, -0.05) is 81.6 Å². The first-order valence-corrected chi connectivity index (χ1v) is 14.0. The van der Waals surface area contributed by atoms with Gasteiger partial charge in [0.25, 0.3) is 0 Å². The molecule has 3 heteroatoms. The summed E-state index contributed by atoms with van der Waals surface area (Å²) in [7, 11) is 0. The van der Waals surface area contributed by atoms with E-state index in [1.54, 1.807) is 0 Å². The molecule has 33 heavy (non-hydrogen) atoms. The zero-order chi connectivity index (χ0) is 21.7. The first-order valence-electron chi connectivity index (χ1n) is 14.0. The minimum absolute atomic E-state index is 0. The molecular formula is C30H69N3. The van der Waals surface area contributed by atoms with E-state index < -0.39 is 0 Å². The van der Waals surface area contributed by atoms with E-state index in [4.69, 9.17) is 0 Å². The third-order valence-electron chi connectivity index (χ3n) is 6.83. The van der Waals surface area contributed by atoms with Gasteiger partial charge < -0.3 is 14.7 Å². The highest BCUT2D eigenvalue weighted by molar-refractivity contribution is 4.65. The Labute approximate surface area is 213 Å². The van der Waals surface area contributed by atoms with Crippen molar-refractivity contribution in [2.45, 2.75) is 139 Å². The van der Waals surface area contributed by atoms with Crippen molar-refractivity contribution in [2.24, 2.45) is 0 Å². The molecule has 0 unspecified atom stereocenters. The van der Waals surface area contributed by atoms with E-state index >= 15 is 0 Å². The standard InChI is InChI=1S/3C9H19N.3CH4/c3*1-2-3-7-10-8-5-4-6-9-10;;;/h3*2-9H2,1H3;3*1H4. The van der Waals surface area contributed by atoms with Crippen molar-refractivity contribution in [1.82, 2.24) is 14.7 Å². The largest absolute Gasteiger partial charge is 0.303 e. The third-order valence-corrected chi connectivity index (χ3v) is 6.83. The molecule has 3 nitrogen and oxygen atoms in total. The summed E-state index contributed by atoms with van der Waals surface area (Å²) in [6, 6.07) is 0. The SMILES string of the molecule is C.C.C.CCCCN1CCCCC1.CCCCN1CCCCC1.CCCCN1CCCCC1. The Morgan fingerprint density at radius 1 is 0.364 bits per heavy atom. The van der Waals surface area contributed by atoms with E-state index in [1.807, 2.05) is 0 Å². The quantitative estimate of drug-likeness (QED) is 0.333. The molecule has 3 aliphatic rings. The Kier molecular flexibility index (Phi) is 31.9. The molecule has 3 heterocycles. The van der Waals surface area contributed by atoms with Crippen LogP contribution in [0, 0.1) is 0 Å². The van der Waals surface area contributed by atoms with Gasteiger partial charge >= 0.3 is 0 Å². The Hall–Kier alpha value is -0.120. The predicted octanol–water partition coefficient (Wildman–Crippen LogP) is 8.73. The minimum Gasteiger partial charge on any atom is -0.303 e. The summed E-state index contributed by atoms with van der Waals surface area (Å²) >= 11 is 0.